The highest BCUT2D eigenvalue weighted by Crippen LogP contribution is 2.28. The van der Waals surface area contributed by atoms with Crippen LogP contribution in [0.15, 0.2) is 42.5 Å². The van der Waals surface area contributed by atoms with Gasteiger partial charge in [0.25, 0.3) is 0 Å². The van der Waals surface area contributed by atoms with Gasteiger partial charge in [-0.3, -0.25) is 5.84 Å². The van der Waals surface area contributed by atoms with Gasteiger partial charge >= 0.3 is 0 Å². The molecule has 0 bridgehead atoms. The number of halogens is 1. The van der Waals surface area contributed by atoms with Crippen molar-refractivity contribution < 1.29 is 4.39 Å². The average molecular weight is 245 g/mol. The molecule has 5 N–H and O–H groups in total. The number of hydrazine groups is 1. The van der Waals surface area contributed by atoms with Gasteiger partial charge in [0.2, 0.25) is 0 Å². The first-order chi connectivity index (χ1) is 8.63. The molecule has 18 heavy (non-hydrogen) atoms. The third-order valence-corrected chi connectivity index (χ3v) is 3.03. The van der Waals surface area contributed by atoms with Crippen LogP contribution in [0.4, 0.5) is 10.1 Å². The fraction of sp³-hybridized carbons (Fsp3) is 0.143. The molecule has 0 aromatic heterocycles. The van der Waals surface area contributed by atoms with Gasteiger partial charge in [0, 0.05) is 11.3 Å². The van der Waals surface area contributed by atoms with Crippen LogP contribution in [-0.4, -0.2) is 0 Å². The summed E-state index contributed by atoms with van der Waals surface area (Å²) in [6.07, 6.45) is 0. The van der Waals surface area contributed by atoms with Crippen molar-refractivity contribution in [2.75, 3.05) is 5.73 Å². The van der Waals surface area contributed by atoms with Crippen molar-refractivity contribution in [1.29, 1.82) is 0 Å². The van der Waals surface area contributed by atoms with Crippen molar-refractivity contribution in [3.8, 4) is 0 Å². The van der Waals surface area contributed by atoms with Crippen molar-refractivity contribution in [2.45, 2.75) is 13.0 Å². The van der Waals surface area contributed by atoms with E-state index in [4.69, 9.17) is 11.6 Å². The minimum atomic E-state index is -0.326. The van der Waals surface area contributed by atoms with E-state index in [1.807, 2.05) is 31.2 Å². The number of rotatable bonds is 3. The Labute approximate surface area is 106 Å². The summed E-state index contributed by atoms with van der Waals surface area (Å²) in [6.45, 7) is 1.98. The predicted octanol–water partition coefficient (Wildman–Crippen LogP) is 2.27. The van der Waals surface area contributed by atoms with Crippen molar-refractivity contribution in [1.82, 2.24) is 5.43 Å². The molecule has 1 unspecified atom stereocenters. The monoisotopic (exact) mass is 245 g/mol. The summed E-state index contributed by atoms with van der Waals surface area (Å²) in [6, 6.07) is 11.8. The topological polar surface area (TPSA) is 64.1 Å². The van der Waals surface area contributed by atoms with Crippen LogP contribution < -0.4 is 17.0 Å². The third-order valence-electron chi connectivity index (χ3n) is 3.03. The molecule has 2 aromatic carbocycles. The Morgan fingerprint density at radius 2 is 1.83 bits per heavy atom. The van der Waals surface area contributed by atoms with Gasteiger partial charge in [0.1, 0.15) is 5.82 Å². The maximum absolute atomic E-state index is 13.3. The first-order valence-corrected chi connectivity index (χ1v) is 5.70. The SMILES string of the molecule is Cc1ccccc1C(NN)c1cc(F)ccc1N. The molecule has 0 aliphatic heterocycles. The van der Waals surface area contributed by atoms with Crippen LogP contribution in [0.1, 0.15) is 22.7 Å². The molecule has 0 aliphatic rings. The number of aryl methyl sites for hydroxylation is 1. The van der Waals surface area contributed by atoms with Crippen LogP contribution in [0.5, 0.6) is 0 Å². The van der Waals surface area contributed by atoms with Crippen LogP contribution in [-0.2, 0) is 0 Å². The second-order valence-electron chi connectivity index (χ2n) is 4.23. The smallest absolute Gasteiger partial charge is 0.123 e. The van der Waals surface area contributed by atoms with Gasteiger partial charge in [-0.1, -0.05) is 24.3 Å². The first kappa shape index (κ1) is 12.5. The number of hydrogen-bond donors (Lipinski definition) is 3. The van der Waals surface area contributed by atoms with E-state index < -0.39 is 0 Å². The Morgan fingerprint density at radius 1 is 1.11 bits per heavy atom. The Kier molecular flexibility index (Phi) is 3.60. The molecule has 0 amide bonds. The summed E-state index contributed by atoms with van der Waals surface area (Å²) in [5.74, 6) is 5.27. The second-order valence-corrected chi connectivity index (χ2v) is 4.23. The molecule has 0 heterocycles. The lowest BCUT2D eigenvalue weighted by atomic mass is 9.94. The van der Waals surface area contributed by atoms with Gasteiger partial charge in [-0.2, -0.15) is 0 Å². The van der Waals surface area contributed by atoms with Crippen molar-refractivity contribution in [2.24, 2.45) is 5.84 Å². The number of nitrogens with two attached hydrogens (primary N) is 2. The summed E-state index contributed by atoms with van der Waals surface area (Å²) in [7, 11) is 0. The molecule has 0 aliphatic carbocycles. The van der Waals surface area contributed by atoms with Gasteiger partial charge in [0.05, 0.1) is 6.04 Å². The average Bonchev–Trinajstić information content (AvgIpc) is 2.36. The minimum Gasteiger partial charge on any atom is -0.398 e. The highest BCUT2D eigenvalue weighted by Gasteiger charge is 2.17. The normalized spacial score (nSPS) is 12.4. The van der Waals surface area contributed by atoms with E-state index in [1.165, 1.54) is 12.1 Å². The third kappa shape index (κ3) is 2.34. The van der Waals surface area contributed by atoms with E-state index in [-0.39, 0.29) is 11.9 Å². The maximum atomic E-state index is 13.3. The Balaban J connectivity index is 2.52. The Hall–Kier alpha value is -1.91. The van der Waals surface area contributed by atoms with Crippen LogP contribution in [0.25, 0.3) is 0 Å². The summed E-state index contributed by atoms with van der Waals surface area (Å²) >= 11 is 0. The van der Waals surface area contributed by atoms with Gasteiger partial charge < -0.3 is 5.73 Å². The Bertz CT molecular complexity index is 554. The number of hydrogen-bond acceptors (Lipinski definition) is 3. The van der Waals surface area contributed by atoms with Gasteiger partial charge in [0.15, 0.2) is 0 Å². The van der Waals surface area contributed by atoms with E-state index in [9.17, 15) is 4.39 Å². The largest absolute Gasteiger partial charge is 0.398 e. The molecule has 0 spiro atoms. The molecule has 0 saturated carbocycles. The maximum Gasteiger partial charge on any atom is 0.123 e. The fourth-order valence-corrected chi connectivity index (χ4v) is 2.05. The highest BCUT2D eigenvalue weighted by atomic mass is 19.1. The molecule has 4 heteroatoms. The van der Waals surface area contributed by atoms with Crippen LogP contribution >= 0.6 is 0 Å². The number of benzene rings is 2. The van der Waals surface area contributed by atoms with Crippen LogP contribution in [0.2, 0.25) is 0 Å². The zero-order chi connectivity index (χ0) is 13.1. The van der Waals surface area contributed by atoms with Crippen molar-refractivity contribution in [3.63, 3.8) is 0 Å². The van der Waals surface area contributed by atoms with E-state index in [0.29, 0.717) is 11.3 Å². The number of nitrogen functional groups attached to an aromatic ring is 1. The standard InChI is InChI=1S/C14H16FN3/c1-9-4-2-3-5-11(9)14(18-17)12-8-10(15)6-7-13(12)16/h2-8,14,18H,16-17H2,1H3. The van der Waals surface area contributed by atoms with Gasteiger partial charge in [-0.05, 0) is 36.2 Å². The molecule has 0 saturated heterocycles. The van der Waals surface area contributed by atoms with Crippen LogP contribution in [0.3, 0.4) is 0 Å². The molecule has 1 atom stereocenters. The number of nitrogens with one attached hydrogen (secondary N) is 1. The minimum absolute atomic E-state index is 0.318. The molecular weight excluding hydrogens is 229 g/mol. The van der Waals surface area contributed by atoms with E-state index >= 15 is 0 Å². The summed E-state index contributed by atoms with van der Waals surface area (Å²) in [5, 5.41) is 0. The summed E-state index contributed by atoms with van der Waals surface area (Å²) < 4.78 is 13.3. The predicted molar refractivity (Wildman–Crippen MR) is 71.2 cm³/mol. The van der Waals surface area contributed by atoms with E-state index in [1.54, 1.807) is 6.07 Å². The molecule has 0 radical (unpaired) electrons. The molecule has 94 valence electrons. The Morgan fingerprint density at radius 3 is 2.50 bits per heavy atom. The highest BCUT2D eigenvalue weighted by molar-refractivity contribution is 5.52. The van der Waals surface area contributed by atoms with Crippen molar-refractivity contribution >= 4 is 5.69 Å². The summed E-state index contributed by atoms with van der Waals surface area (Å²) in [5.41, 5.74) is 11.8. The molecule has 2 aromatic rings. The molecule has 2 rings (SSSR count). The van der Waals surface area contributed by atoms with Gasteiger partial charge in [-0.25, -0.2) is 9.82 Å². The first-order valence-electron chi connectivity index (χ1n) is 5.70. The van der Waals surface area contributed by atoms with Crippen LogP contribution in [0, 0.1) is 12.7 Å². The fourth-order valence-electron chi connectivity index (χ4n) is 2.05. The quantitative estimate of drug-likeness (QED) is 0.441. The van der Waals surface area contributed by atoms with Crippen molar-refractivity contribution in [3.05, 3.63) is 65.0 Å². The lowest BCUT2D eigenvalue weighted by Crippen LogP contribution is -2.30. The van der Waals surface area contributed by atoms with E-state index in [0.717, 1.165) is 11.1 Å². The van der Waals surface area contributed by atoms with Gasteiger partial charge in [-0.15, -0.1) is 0 Å². The lowest BCUT2D eigenvalue weighted by Gasteiger charge is -2.20. The zero-order valence-corrected chi connectivity index (χ0v) is 10.2. The summed E-state index contributed by atoms with van der Waals surface area (Å²) in [4.78, 5) is 0. The molecule has 0 fully saturated rings. The second kappa shape index (κ2) is 5.16. The molecular formula is C14H16FN3. The number of anilines is 1. The van der Waals surface area contributed by atoms with E-state index in [2.05, 4.69) is 5.43 Å². The molecule has 3 nitrogen and oxygen atoms in total. The lowest BCUT2D eigenvalue weighted by molar-refractivity contribution is 0.605. The zero-order valence-electron chi connectivity index (χ0n) is 10.2.